The average Bonchev–Trinajstić information content (AvgIpc) is 3.01. The lowest BCUT2D eigenvalue weighted by Crippen LogP contribution is -2.50. The van der Waals surface area contributed by atoms with Crippen molar-refractivity contribution in [3.8, 4) is 23.5 Å². The van der Waals surface area contributed by atoms with Crippen LogP contribution in [0.1, 0.15) is 48.9 Å². The summed E-state index contributed by atoms with van der Waals surface area (Å²) in [7, 11) is 0. The number of terminal acetylenes is 1. The van der Waals surface area contributed by atoms with Crippen LogP contribution < -0.4 is 5.32 Å². The van der Waals surface area contributed by atoms with Crippen molar-refractivity contribution in [3.63, 3.8) is 0 Å². The van der Waals surface area contributed by atoms with Gasteiger partial charge in [0.05, 0.1) is 17.2 Å². The van der Waals surface area contributed by atoms with Gasteiger partial charge in [0.15, 0.2) is 0 Å². The Morgan fingerprint density at radius 2 is 1.89 bits per heavy atom. The number of fused-ring (bicyclic) bond motifs is 2. The van der Waals surface area contributed by atoms with E-state index in [1.165, 1.54) is 10.9 Å². The van der Waals surface area contributed by atoms with E-state index in [1.54, 1.807) is 0 Å². The monoisotopic (exact) mass is 358 g/mol. The Bertz CT molecular complexity index is 1100. The highest BCUT2D eigenvalue weighted by Crippen LogP contribution is 2.46. The smallest absolute Gasteiger partial charge is 0.0831 e. The molecule has 1 aliphatic rings. The average molecular weight is 358 g/mol. The molecule has 2 aromatic carbocycles. The highest BCUT2D eigenvalue weighted by atomic mass is 16.3. The number of aliphatic hydroxyl groups is 1. The second-order valence-electron chi connectivity index (χ2n) is 8.33. The first kappa shape index (κ1) is 17.7. The van der Waals surface area contributed by atoms with Gasteiger partial charge in [0.1, 0.15) is 0 Å². The number of aryl methyl sites for hydroxylation is 2. The molecule has 3 N–H and O–H groups in total. The normalized spacial score (nSPS) is 20.8. The standard InChI is InChI=1S/C24H26N2O/c1-7-16-19(18-10-8-9-17-14(3)12-25-22(17)18)11-13(2)21-20(16)15(4)23(27)24(5,6)26-21/h1,8-12,15,23,25-27H,2-6H3/t15-,23?/m0/s1. The third kappa shape index (κ3) is 2.48. The van der Waals surface area contributed by atoms with E-state index in [0.29, 0.717) is 0 Å². The molecule has 3 aromatic rings. The number of H-pyrrole nitrogens is 1. The molecule has 3 heteroatoms. The van der Waals surface area contributed by atoms with Crippen LogP contribution in [0.2, 0.25) is 0 Å². The molecule has 1 aromatic heterocycles. The van der Waals surface area contributed by atoms with Crippen LogP contribution in [0.15, 0.2) is 30.5 Å². The van der Waals surface area contributed by atoms with Gasteiger partial charge in [-0.3, -0.25) is 0 Å². The van der Waals surface area contributed by atoms with Crippen molar-refractivity contribution in [2.75, 3.05) is 5.32 Å². The largest absolute Gasteiger partial charge is 0.390 e. The zero-order valence-corrected chi connectivity index (χ0v) is 16.6. The molecule has 3 nitrogen and oxygen atoms in total. The first-order valence-corrected chi connectivity index (χ1v) is 9.43. The van der Waals surface area contributed by atoms with Crippen LogP contribution in [0, 0.1) is 26.2 Å². The number of hydrogen-bond acceptors (Lipinski definition) is 2. The van der Waals surface area contributed by atoms with Gasteiger partial charge in [-0.25, -0.2) is 0 Å². The molecule has 2 atom stereocenters. The number of anilines is 1. The molecule has 0 radical (unpaired) electrons. The number of benzene rings is 2. The van der Waals surface area contributed by atoms with Crippen molar-refractivity contribution in [3.05, 3.63) is 52.7 Å². The maximum Gasteiger partial charge on any atom is 0.0831 e. The van der Waals surface area contributed by atoms with Crippen LogP contribution in [0.4, 0.5) is 5.69 Å². The quantitative estimate of drug-likeness (QED) is 0.530. The fourth-order valence-corrected chi connectivity index (χ4v) is 4.53. The first-order chi connectivity index (χ1) is 12.8. The Morgan fingerprint density at radius 1 is 1.15 bits per heavy atom. The van der Waals surface area contributed by atoms with Crippen molar-refractivity contribution in [2.45, 2.75) is 52.2 Å². The lowest BCUT2D eigenvalue weighted by molar-refractivity contribution is 0.0868. The lowest BCUT2D eigenvalue weighted by Gasteiger charge is -2.43. The predicted molar refractivity (Wildman–Crippen MR) is 113 cm³/mol. The molecular formula is C24H26N2O. The van der Waals surface area contributed by atoms with Gasteiger partial charge in [-0.2, -0.15) is 0 Å². The highest BCUT2D eigenvalue weighted by molar-refractivity contribution is 5.98. The van der Waals surface area contributed by atoms with E-state index >= 15 is 0 Å². The number of aliphatic hydroxyl groups excluding tert-OH is 1. The fraction of sp³-hybridized carbons (Fsp3) is 0.333. The summed E-state index contributed by atoms with van der Waals surface area (Å²) in [6, 6.07) is 8.49. The maximum absolute atomic E-state index is 10.9. The third-order valence-electron chi connectivity index (χ3n) is 6.04. The van der Waals surface area contributed by atoms with Crippen LogP contribution in [-0.4, -0.2) is 21.7 Å². The number of hydrogen-bond donors (Lipinski definition) is 3. The van der Waals surface area contributed by atoms with E-state index in [9.17, 15) is 5.11 Å². The molecule has 0 saturated carbocycles. The van der Waals surface area contributed by atoms with E-state index in [1.807, 2.05) is 20.0 Å². The number of para-hydroxylation sites is 1. The number of aromatic amines is 1. The lowest BCUT2D eigenvalue weighted by atomic mass is 9.75. The van der Waals surface area contributed by atoms with Crippen LogP contribution in [0.25, 0.3) is 22.0 Å². The molecule has 0 saturated heterocycles. The van der Waals surface area contributed by atoms with Gasteiger partial charge in [0.25, 0.3) is 0 Å². The summed E-state index contributed by atoms with van der Waals surface area (Å²) < 4.78 is 0. The van der Waals surface area contributed by atoms with Crippen molar-refractivity contribution < 1.29 is 5.11 Å². The Morgan fingerprint density at radius 3 is 2.59 bits per heavy atom. The van der Waals surface area contributed by atoms with Gasteiger partial charge in [-0.1, -0.05) is 31.0 Å². The highest BCUT2D eigenvalue weighted by Gasteiger charge is 2.40. The third-order valence-corrected chi connectivity index (χ3v) is 6.04. The van der Waals surface area contributed by atoms with E-state index in [0.717, 1.165) is 39.0 Å². The molecule has 27 heavy (non-hydrogen) atoms. The Kier molecular flexibility index (Phi) is 3.87. The molecule has 138 valence electrons. The minimum absolute atomic E-state index is 0.0504. The number of rotatable bonds is 1. The fourth-order valence-electron chi connectivity index (χ4n) is 4.53. The number of aromatic nitrogens is 1. The van der Waals surface area contributed by atoms with E-state index in [-0.39, 0.29) is 5.92 Å². The molecule has 0 aliphatic carbocycles. The van der Waals surface area contributed by atoms with Crippen LogP contribution in [0.5, 0.6) is 0 Å². The summed E-state index contributed by atoms with van der Waals surface area (Å²) in [6.07, 6.45) is 7.53. The van der Waals surface area contributed by atoms with Crippen molar-refractivity contribution in [1.82, 2.24) is 4.98 Å². The SMILES string of the molecule is C#Cc1c(-c2cccc3c(C)c[nH]c23)cc(C)c2c1[C@H](C)C(O)C(C)(C)N2. The zero-order valence-electron chi connectivity index (χ0n) is 16.6. The molecule has 0 bridgehead atoms. The zero-order chi connectivity index (χ0) is 19.5. The summed E-state index contributed by atoms with van der Waals surface area (Å²) in [5.74, 6) is 2.88. The summed E-state index contributed by atoms with van der Waals surface area (Å²) in [5, 5.41) is 15.6. The molecule has 1 aliphatic heterocycles. The molecule has 0 spiro atoms. The van der Waals surface area contributed by atoms with Gasteiger partial charge in [0, 0.05) is 39.9 Å². The minimum atomic E-state index is -0.518. The van der Waals surface area contributed by atoms with E-state index < -0.39 is 11.6 Å². The summed E-state index contributed by atoms with van der Waals surface area (Å²) >= 11 is 0. The Labute approximate surface area is 160 Å². The molecule has 0 amide bonds. The Balaban J connectivity index is 2.05. The van der Waals surface area contributed by atoms with Crippen LogP contribution in [0.3, 0.4) is 0 Å². The van der Waals surface area contributed by atoms with E-state index in [4.69, 9.17) is 6.42 Å². The van der Waals surface area contributed by atoms with Crippen molar-refractivity contribution in [1.29, 1.82) is 0 Å². The minimum Gasteiger partial charge on any atom is -0.390 e. The van der Waals surface area contributed by atoms with Gasteiger partial charge < -0.3 is 15.4 Å². The predicted octanol–water partition coefficient (Wildman–Crippen LogP) is 5.10. The maximum atomic E-state index is 10.9. The van der Waals surface area contributed by atoms with Crippen LogP contribution >= 0.6 is 0 Å². The van der Waals surface area contributed by atoms with Crippen molar-refractivity contribution >= 4 is 16.6 Å². The summed E-state index contributed by atoms with van der Waals surface area (Å²) in [5.41, 5.74) is 8.17. The topological polar surface area (TPSA) is 48.0 Å². The Hall–Kier alpha value is -2.70. The summed E-state index contributed by atoms with van der Waals surface area (Å²) in [4.78, 5) is 3.41. The first-order valence-electron chi connectivity index (χ1n) is 9.43. The van der Waals surface area contributed by atoms with E-state index in [2.05, 4.69) is 61.3 Å². The second-order valence-corrected chi connectivity index (χ2v) is 8.33. The summed E-state index contributed by atoms with van der Waals surface area (Å²) in [6.45, 7) is 10.3. The molecule has 0 fully saturated rings. The molecular weight excluding hydrogens is 332 g/mol. The van der Waals surface area contributed by atoms with Crippen LogP contribution in [-0.2, 0) is 0 Å². The van der Waals surface area contributed by atoms with Gasteiger partial charge >= 0.3 is 0 Å². The molecule has 4 rings (SSSR count). The van der Waals surface area contributed by atoms with Gasteiger partial charge in [-0.05, 0) is 50.5 Å². The molecule has 1 unspecified atom stereocenters. The molecule has 2 heterocycles. The second kappa shape index (κ2) is 5.90. The number of nitrogens with one attached hydrogen (secondary N) is 2. The van der Waals surface area contributed by atoms with Gasteiger partial charge in [-0.15, -0.1) is 6.42 Å². The van der Waals surface area contributed by atoms with Gasteiger partial charge in [0.2, 0.25) is 0 Å². The van der Waals surface area contributed by atoms with Crippen molar-refractivity contribution in [2.24, 2.45) is 0 Å².